The second kappa shape index (κ2) is 5.82. The number of rotatable bonds is 5. The van der Waals surface area contributed by atoms with Crippen LogP contribution in [0.1, 0.15) is 32.6 Å². The van der Waals surface area contributed by atoms with Crippen LogP contribution in [-0.2, 0) is 10.0 Å². The van der Waals surface area contributed by atoms with E-state index in [2.05, 4.69) is 16.7 Å². The van der Waals surface area contributed by atoms with E-state index in [1.54, 1.807) is 0 Å². The number of hydrogen-bond acceptors (Lipinski definition) is 3. The third-order valence-corrected chi connectivity index (χ3v) is 4.35. The fourth-order valence-electron chi connectivity index (χ4n) is 1.77. The van der Waals surface area contributed by atoms with Gasteiger partial charge in [-0.25, -0.2) is 13.1 Å². The van der Waals surface area contributed by atoms with Crippen LogP contribution in [-0.4, -0.2) is 45.2 Å². The summed E-state index contributed by atoms with van der Waals surface area (Å²) in [4.78, 5) is 2.23. The van der Waals surface area contributed by atoms with Gasteiger partial charge < -0.3 is 4.90 Å². The molecule has 1 saturated heterocycles. The molecule has 1 rings (SSSR count). The molecular weight excluding hydrogens is 212 g/mol. The summed E-state index contributed by atoms with van der Waals surface area (Å²) >= 11 is 0. The molecule has 15 heavy (non-hydrogen) atoms. The number of likely N-dealkylation sites (tertiary alicyclic amines) is 1. The van der Waals surface area contributed by atoms with Crippen molar-refractivity contribution >= 4 is 10.0 Å². The molecule has 0 spiro atoms. The third kappa shape index (κ3) is 4.95. The zero-order chi connectivity index (χ0) is 11.3. The maximum Gasteiger partial charge on any atom is 0.211 e. The van der Waals surface area contributed by atoms with E-state index >= 15 is 0 Å². The predicted molar refractivity (Wildman–Crippen MR) is 62.3 cm³/mol. The minimum atomic E-state index is -3.03. The van der Waals surface area contributed by atoms with E-state index in [0.29, 0.717) is 0 Å². The van der Waals surface area contributed by atoms with Crippen molar-refractivity contribution in [2.24, 2.45) is 0 Å². The van der Waals surface area contributed by atoms with Crippen LogP contribution in [0.3, 0.4) is 0 Å². The van der Waals surface area contributed by atoms with Crippen LogP contribution >= 0.6 is 0 Å². The summed E-state index contributed by atoms with van der Waals surface area (Å²) < 4.78 is 26.0. The maximum absolute atomic E-state index is 11.6. The van der Waals surface area contributed by atoms with Crippen LogP contribution in [0.25, 0.3) is 0 Å². The Balaban J connectivity index is 2.34. The molecule has 0 aromatic carbocycles. The van der Waals surface area contributed by atoms with Crippen LogP contribution < -0.4 is 4.72 Å². The molecule has 0 aliphatic carbocycles. The molecule has 90 valence electrons. The molecular formula is C10H22N2O2S. The predicted octanol–water partition coefficient (Wildman–Crippen LogP) is 0.800. The Morgan fingerprint density at radius 3 is 2.47 bits per heavy atom. The Hall–Kier alpha value is -0.130. The van der Waals surface area contributed by atoms with E-state index in [1.807, 2.05) is 6.92 Å². The minimum absolute atomic E-state index is 0.156. The van der Waals surface area contributed by atoms with E-state index in [9.17, 15) is 8.42 Å². The van der Waals surface area contributed by atoms with Gasteiger partial charge in [0.25, 0.3) is 0 Å². The van der Waals surface area contributed by atoms with E-state index in [4.69, 9.17) is 0 Å². The molecule has 4 nitrogen and oxygen atoms in total. The molecule has 0 bridgehead atoms. The zero-order valence-corrected chi connectivity index (χ0v) is 10.5. The lowest BCUT2D eigenvalue weighted by Crippen LogP contribution is -2.44. The van der Waals surface area contributed by atoms with Crippen molar-refractivity contribution in [3.8, 4) is 0 Å². The van der Waals surface area contributed by atoms with Gasteiger partial charge >= 0.3 is 0 Å². The molecule has 0 radical (unpaired) electrons. The van der Waals surface area contributed by atoms with Gasteiger partial charge in [0.2, 0.25) is 10.0 Å². The Labute approximate surface area is 93.1 Å². The number of piperidine rings is 1. The smallest absolute Gasteiger partial charge is 0.211 e. The van der Waals surface area contributed by atoms with Crippen molar-refractivity contribution in [1.29, 1.82) is 0 Å². The molecule has 1 heterocycles. The normalized spacial score (nSPS) is 20.7. The summed E-state index contributed by atoms with van der Waals surface area (Å²) in [7, 11) is -0.958. The topological polar surface area (TPSA) is 49.4 Å². The first-order valence-electron chi connectivity index (χ1n) is 5.72. The second-order valence-electron chi connectivity index (χ2n) is 4.37. The Morgan fingerprint density at radius 2 is 1.93 bits per heavy atom. The zero-order valence-electron chi connectivity index (χ0n) is 9.70. The fraction of sp³-hybridized carbons (Fsp3) is 1.00. The number of hydrogen-bond donors (Lipinski definition) is 1. The van der Waals surface area contributed by atoms with Crippen LogP contribution in [0.4, 0.5) is 0 Å². The number of nitrogens with zero attached hydrogens (tertiary/aromatic N) is 1. The van der Waals surface area contributed by atoms with Crippen molar-refractivity contribution in [1.82, 2.24) is 9.62 Å². The van der Waals surface area contributed by atoms with E-state index < -0.39 is 10.0 Å². The molecule has 1 fully saturated rings. The average molecular weight is 234 g/mol. The van der Waals surface area contributed by atoms with Crippen LogP contribution in [0.5, 0.6) is 0 Å². The second-order valence-corrected chi connectivity index (χ2v) is 6.24. The van der Waals surface area contributed by atoms with Gasteiger partial charge in [-0.3, -0.25) is 0 Å². The van der Waals surface area contributed by atoms with Crippen molar-refractivity contribution in [2.45, 2.75) is 38.6 Å². The molecule has 0 aromatic heterocycles. The number of nitrogens with one attached hydrogen (secondary N) is 1. The number of unbranched alkanes of at least 4 members (excludes halogenated alkanes) is 1. The molecule has 1 N–H and O–H groups in total. The Kier molecular flexibility index (Phi) is 5.02. The maximum atomic E-state index is 11.6. The van der Waals surface area contributed by atoms with Crippen LogP contribution in [0.15, 0.2) is 0 Å². The first-order valence-corrected chi connectivity index (χ1v) is 7.37. The lowest BCUT2D eigenvalue weighted by molar-refractivity contribution is 0.248. The van der Waals surface area contributed by atoms with Crippen molar-refractivity contribution in [2.75, 3.05) is 25.9 Å². The summed E-state index contributed by atoms with van der Waals surface area (Å²) in [5, 5.41) is 0. The van der Waals surface area contributed by atoms with Gasteiger partial charge in [-0.2, -0.15) is 0 Å². The van der Waals surface area contributed by atoms with Gasteiger partial charge in [0.15, 0.2) is 0 Å². The van der Waals surface area contributed by atoms with Gasteiger partial charge in [0.1, 0.15) is 0 Å². The largest absolute Gasteiger partial charge is 0.306 e. The number of sulfonamides is 1. The van der Waals surface area contributed by atoms with Gasteiger partial charge in [-0.05, 0) is 39.4 Å². The van der Waals surface area contributed by atoms with E-state index in [0.717, 1.165) is 38.8 Å². The highest BCUT2D eigenvalue weighted by atomic mass is 32.2. The molecule has 5 heteroatoms. The van der Waals surface area contributed by atoms with Gasteiger partial charge in [-0.1, -0.05) is 13.3 Å². The summed E-state index contributed by atoms with van der Waals surface area (Å²) in [5.74, 6) is 0.274. The highest BCUT2D eigenvalue weighted by Crippen LogP contribution is 2.09. The summed E-state index contributed by atoms with van der Waals surface area (Å²) in [6.07, 6.45) is 3.54. The highest BCUT2D eigenvalue weighted by Gasteiger charge is 2.21. The molecule has 0 saturated carbocycles. The minimum Gasteiger partial charge on any atom is -0.306 e. The monoisotopic (exact) mass is 234 g/mol. The van der Waals surface area contributed by atoms with E-state index in [-0.39, 0.29) is 11.8 Å². The highest BCUT2D eigenvalue weighted by molar-refractivity contribution is 7.89. The van der Waals surface area contributed by atoms with Crippen molar-refractivity contribution in [3.05, 3.63) is 0 Å². The Bertz CT molecular complexity index is 269. The molecule has 0 unspecified atom stereocenters. The van der Waals surface area contributed by atoms with Crippen molar-refractivity contribution in [3.63, 3.8) is 0 Å². The van der Waals surface area contributed by atoms with Gasteiger partial charge in [-0.15, -0.1) is 0 Å². The molecule has 0 aromatic rings. The molecule has 1 aliphatic rings. The third-order valence-electron chi connectivity index (χ3n) is 2.83. The van der Waals surface area contributed by atoms with Crippen LogP contribution in [0, 0.1) is 0 Å². The average Bonchev–Trinajstić information content (AvgIpc) is 2.18. The Morgan fingerprint density at radius 1 is 1.33 bits per heavy atom. The molecule has 0 atom stereocenters. The lowest BCUT2D eigenvalue weighted by Gasteiger charge is -2.29. The molecule has 1 aliphatic heterocycles. The quantitative estimate of drug-likeness (QED) is 0.765. The van der Waals surface area contributed by atoms with Crippen molar-refractivity contribution < 1.29 is 8.42 Å². The fourth-order valence-corrected chi connectivity index (χ4v) is 3.30. The van der Waals surface area contributed by atoms with Gasteiger partial charge in [0.05, 0.1) is 5.75 Å². The lowest BCUT2D eigenvalue weighted by atomic mass is 10.1. The SMILES string of the molecule is CCCCS(=O)(=O)NC1CCN(C)CC1. The summed E-state index contributed by atoms with van der Waals surface area (Å²) in [6.45, 7) is 3.98. The molecule has 0 amide bonds. The first kappa shape index (κ1) is 12.9. The van der Waals surface area contributed by atoms with E-state index in [1.165, 1.54) is 0 Å². The summed E-state index contributed by atoms with van der Waals surface area (Å²) in [5.41, 5.74) is 0. The standard InChI is InChI=1S/C10H22N2O2S/c1-3-4-9-15(13,14)11-10-5-7-12(2)8-6-10/h10-11H,3-9H2,1-2H3. The summed E-state index contributed by atoms with van der Waals surface area (Å²) in [6, 6.07) is 0.156. The first-order chi connectivity index (χ1) is 7.03. The van der Waals surface area contributed by atoms with Crippen LogP contribution in [0.2, 0.25) is 0 Å². The van der Waals surface area contributed by atoms with Gasteiger partial charge in [0, 0.05) is 6.04 Å².